The lowest BCUT2D eigenvalue weighted by atomic mass is 9.87. The molecule has 0 fully saturated rings. The van der Waals surface area contributed by atoms with Gasteiger partial charge >= 0.3 is 24.0 Å². The molecule has 38 heavy (non-hydrogen) atoms. The SMILES string of the molecule is COC(=O)C(C(=O)OC)[C@@H](C)[C@H](NC(=O)[C@@H](Cc1ccccc1)NC(=O)OCc1ccccc1)C(=O)OC. The van der Waals surface area contributed by atoms with Crippen LogP contribution in [0.2, 0.25) is 0 Å². The van der Waals surface area contributed by atoms with Gasteiger partial charge in [0, 0.05) is 12.3 Å². The molecule has 0 radical (unpaired) electrons. The number of carbonyl (C=O) groups is 5. The molecule has 0 saturated carbocycles. The summed E-state index contributed by atoms with van der Waals surface area (Å²) in [5.41, 5.74) is 1.48. The van der Waals surface area contributed by atoms with Crippen molar-refractivity contribution < 1.29 is 42.9 Å². The van der Waals surface area contributed by atoms with Crippen molar-refractivity contribution >= 4 is 29.9 Å². The van der Waals surface area contributed by atoms with Crippen LogP contribution >= 0.6 is 0 Å². The summed E-state index contributed by atoms with van der Waals surface area (Å²) in [6, 6.07) is 15.2. The third kappa shape index (κ3) is 8.61. The third-order valence-corrected chi connectivity index (χ3v) is 5.82. The molecule has 0 aliphatic heterocycles. The Morgan fingerprint density at radius 1 is 0.711 bits per heavy atom. The highest BCUT2D eigenvalue weighted by molar-refractivity contribution is 5.97. The number of carbonyl (C=O) groups excluding carboxylic acids is 5. The first-order valence-electron chi connectivity index (χ1n) is 11.8. The van der Waals surface area contributed by atoms with E-state index in [2.05, 4.69) is 20.1 Å². The van der Waals surface area contributed by atoms with Crippen molar-refractivity contribution in [3.8, 4) is 0 Å². The first-order chi connectivity index (χ1) is 18.2. The quantitative estimate of drug-likeness (QED) is 0.239. The summed E-state index contributed by atoms with van der Waals surface area (Å²) in [7, 11) is 3.26. The van der Waals surface area contributed by atoms with Crippen molar-refractivity contribution in [1.82, 2.24) is 10.6 Å². The minimum Gasteiger partial charge on any atom is -0.468 e. The minimum absolute atomic E-state index is 0.0197. The van der Waals surface area contributed by atoms with E-state index in [0.717, 1.165) is 32.5 Å². The molecule has 0 unspecified atom stereocenters. The van der Waals surface area contributed by atoms with Crippen molar-refractivity contribution in [3.63, 3.8) is 0 Å². The van der Waals surface area contributed by atoms with E-state index in [1.54, 1.807) is 54.6 Å². The standard InChI is InChI=1S/C27H32N2O9/c1-17(21(24(31)35-2)25(32)36-3)22(26(33)37-4)29-23(30)20(15-18-11-7-5-8-12-18)28-27(34)38-16-19-13-9-6-10-14-19/h5-14,17,20-22H,15-16H2,1-4H3,(H,28,34)(H,29,30)/t17-,20-,22+/m1/s1. The maximum Gasteiger partial charge on any atom is 0.408 e. The second-order valence-electron chi connectivity index (χ2n) is 8.34. The zero-order valence-electron chi connectivity index (χ0n) is 21.7. The van der Waals surface area contributed by atoms with Crippen LogP contribution in [0, 0.1) is 11.8 Å². The van der Waals surface area contributed by atoms with Crippen molar-refractivity contribution in [2.45, 2.75) is 32.0 Å². The predicted octanol–water partition coefficient (Wildman–Crippen LogP) is 1.78. The fourth-order valence-corrected chi connectivity index (χ4v) is 3.72. The molecule has 0 aliphatic carbocycles. The van der Waals surface area contributed by atoms with Gasteiger partial charge in [-0.05, 0) is 11.1 Å². The van der Waals surface area contributed by atoms with E-state index in [4.69, 9.17) is 9.47 Å². The normalized spacial score (nSPS) is 12.9. The molecule has 0 aromatic heterocycles. The summed E-state index contributed by atoms with van der Waals surface area (Å²) < 4.78 is 19.4. The Hall–Kier alpha value is -4.41. The summed E-state index contributed by atoms with van der Waals surface area (Å²) in [6.07, 6.45) is -0.790. The molecule has 2 amide bonds. The van der Waals surface area contributed by atoms with E-state index >= 15 is 0 Å². The van der Waals surface area contributed by atoms with Crippen molar-refractivity contribution in [1.29, 1.82) is 0 Å². The topological polar surface area (TPSA) is 146 Å². The lowest BCUT2D eigenvalue weighted by molar-refractivity contribution is -0.163. The fourth-order valence-electron chi connectivity index (χ4n) is 3.72. The minimum atomic E-state index is -1.52. The smallest absolute Gasteiger partial charge is 0.408 e. The highest BCUT2D eigenvalue weighted by Crippen LogP contribution is 2.21. The molecule has 0 aliphatic rings. The molecule has 0 spiro atoms. The van der Waals surface area contributed by atoms with Gasteiger partial charge in [-0.15, -0.1) is 0 Å². The van der Waals surface area contributed by atoms with E-state index in [-0.39, 0.29) is 13.0 Å². The Morgan fingerprint density at radius 2 is 1.21 bits per heavy atom. The van der Waals surface area contributed by atoms with E-state index in [1.165, 1.54) is 6.92 Å². The zero-order chi connectivity index (χ0) is 28.1. The summed E-state index contributed by atoms with van der Waals surface area (Å²) in [5, 5.41) is 5.03. The fraction of sp³-hybridized carbons (Fsp3) is 0.370. The number of hydrogen-bond donors (Lipinski definition) is 2. The van der Waals surface area contributed by atoms with Crippen molar-refractivity contribution in [2.75, 3.05) is 21.3 Å². The Kier molecular flexibility index (Phi) is 11.8. The predicted molar refractivity (Wildman–Crippen MR) is 134 cm³/mol. The number of amides is 2. The third-order valence-electron chi connectivity index (χ3n) is 5.82. The van der Waals surface area contributed by atoms with Gasteiger partial charge in [-0.3, -0.25) is 14.4 Å². The number of ether oxygens (including phenoxy) is 4. The highest BCUT2D eigenvalue weighted by Gasteiger charge is 2.43. The second-order valence-corrected chi connectivity index (χ2v) is 8.34. The number of alkyl carbamates (subject to hydrolysis) is 1. The molecule has 0 heterocycles. The number of esters is 3. The van der Waals surface area contributed by atoms with Gasteiger partial charge in [0.25, 0.3) is 0 Å². The Bertz CT molecular complexity index is 1080. The van der Waals surface area contributed by atoms with Crippen LogP contribution in [-0.2, 0) is 51.2 Å². The van der Waals surface area contributed by atoms with Crippen LogP contribution in [0.1, 0.15) is 18.1 Å². The summed E-state index contributed by atoms with van der Waals surface area (Å²) >= 11 is 0. The van der Waals surface area contributed by atoms with Crippen molar-refractivity contribution in [2.24, 2.45) is 11.8 Å². The van der Waals surface area contributed by atoms with Crippen LogP contribution in [0.25, 0.3) is 0 Å². The number of benzene rings is 2. The van der Waals surface area contributed by atoms with Crippen LogP contribution in [0.3, 0.4) is 0 Å². The molecule has 3 atom stereocenters. The monoisotopic (exact) mass is 528 g/mol. The largest absolute Gasteiger partial charge is 0.468 e. The number of rotatable bonds is 12. The number of methoxy groups -OCH3 is 3. The Morgan fingerprint density at radius 3 is 1.71 bits per heavy atom. The molecule has 2 aromatic carbocycles. The van der Waals surface area contributed by atoms with Crippen LogP contribution in [0.5, 0.6) is 0 Å². The zero-order valence-corrected chi connectivity index (χ0v) is 21.7. The Labute approximate surface area is 220 Å². The van der Waals surface area contributed by atoms with Gasteiger partial charge in [-0.25, -0.2) is 9.59 Å². The molecular formula is C27H32N2O9. The average Bonchev–Trinajstić information content (AvgIpc) is 2.94. The first-order valence-corrected chi connectivity index (χ1v) is 11.8. The number of hydrogen-bond acceptors (Lipinski definition) is 9. The van der Waals surface area contributed by atoms with Gasteiger partial charge < -0.3 is 29.6 Å². The maximum atomic E-state index is 13.4. The molecule has 204 valence electrons. The van der Waals surface area contributed by atoms with Crippen molar-refractivity contribution in [3.05, 3.63) is 71.8 Å². The van der Waals surface area contributed by atoms with E-state index in [0.29, 0.717) is 0 Å². The van der Waals surface area contributed by atoms with Gasteiger partial charge in [0.15, 0.2) is 5.92 Å². The van der Waals surface area contributed by atoms with Gasteiger partial charge in [-0.1, -0.05) is 67.6 Å². The molecule has 0 bridgehead atoms. The molecule has 0 saturated heterocycles. The highest BCUT2D eigenvalue weighted by atomic mass is 16.6. The number of nitrogens with one attached hydrogen (secondary N) is 2. The lowest BCUT2D eigenvalue weighted by Crippen LogP contribution is -2.56. The van der Waals surface area contributed by atoms with Crippen LogP contribution in [0.15, 0.2) is 60.7 Å². The van der Waals surface area contributed by atoms with Gasteiger partial charge in [0.2, 0.25) is 5.91 Å². The maximum absolute atomic E-state index is 13.4. The summed E-state index contributed by atoms with van der Waals surface area (Å²) in [4.78, 5) is 63.2. The van der Waals surface area contributed by atoms with Gasteiger partial charge in [-0.2, -0.15) is 0 Å². The molecule has 2 rings (SSSR count). The molecule has 11 heteroatoms. The van der Waals surface area contributed by atoms with Crippen LogP contribution in [-0.4, -0.2) is 63.3 Å². The second kappa shape index (κ2) is 15.0. The van der Waals surface area contributed by atoms with E-state index < -0.39 is 53.8 Å². The van der Waals surface area contributed by atoms with E-state index in [1.807, 2.05) is 6.07 Å². The molecule has 2 N–H and O–H groups in total. The lowest BCUT2D eigenvalue weighted by Gasteiger charge is -2.28. The van der Waals surface area contributed by atoms with Gasteiger partial charge in [0.05, 0.1) is 21.3 Å². The van der Waals surface area contributed by atoms with Gasteiger partial charge in [0.1, 0.15) is 18.7 Å². The Balaban J connectivity index is 2.26. The molecule has 2 aromatic rings. The van der Waals surface area contributed by atoms with Crippen LogP contribution < -0.4 is 10.6 Å². The molecule has 11 nitrogen and oxygen atoms in total. The van der Waals surface area contributed by atoms with Crippen LogP contribution in [0.4, 0.5) is 4.79 Å². The first kappa shape index (κ1) is 29.8. The molecular weight excluding hydrogens is 496 g/mol. The van der Waals surface area contributed by atoms with E-state index in [9.17, 15) is 24.0 Å². The summed E-state index contributed by atoms with van der Waals surface area (Å²) in [5.74, 6) is -6.21. The summed E-state index contributed by atoms with van der Waals surface area (Å²) in [6.45, 7) is 1.38. The average molecular weight is 529 g/mol.